The summed E-state index contributed by atoms with van der Waals surface area (Å²) < 4.78 is 68.8. The fraction of sp³-hybridized carbons (Fsp3) is 0.139. The van der Waals surface area contributed by atoms with Gasteiger partial charge in [-0.3, -0.25) is 4.79 Å². The standard InChI is InChI=1S/C18H18N2O6S.C18H14N2O6S.2Ca/c2*1-10-6-7-14(15(8-10)27(24,25)26)19-20-16-12-5-3-2-4-11(12)9-13(17(16)21)18(22)23;;/h2-9,11-12,16,19-20H,1H3,(H,22,23)(H,24,25,26);2-9,21H,1H3,(H,22,23)(H,24,25,26);;/q;;2*+2/p-4. The van der Waals surface area contributed by atoms with Gasteiger partial charge in [0.05, 0.1) is 38.7 Å². The minimum atomic E-state index is -4.81. The van der Waals surface area contributed by atoms with Crippen LogP contribution < -0.4 is 21.1 Å². The van der Waals surface area contributed by atoms with Crippen LogP contribution in [0.25, 0.3) is 10.8 Å². The number of nitrogens with one attached hydrogen (secondary N) is 2. The van der Waals surface area contributed by atoms with E-state index < -0.39 is 70.7 Å². The van der Waals surface area contributed by atoms with Crippen LogP contribution in [0.15, 0.2) is 123 Å². The second kappa shape index (κ2) is 19.3. The number of hydrogen-bond donors (Lipinski definition) is 3. The Bertz CT molecular complexity index is 2560. The van der Waals surface area contributed by atoms with Crippen molar-refractivity contribution in [1.82, 2.24) is 5.43 Å². The number of hydrazine groups is 1. The summed E-state index contributed by atoms with van der Waals surface area (Å²) in [4.78, 5) is 34.1. The minimum Gasteiger partial charge on any atom is -0.870 e. The molecule has 0 radical (unpaired) electrons. The van der Waals surface area contributed by atoms with Crippen molar-refractivity contribution in [2.75, 3.05) is 5.43 Å². The summed E-state index contributed by atoms with van der Waals surface area (Å²) in [5.74, 6) is -5.26. The normalized spacial score (nSPS) is 17.5. The van der Waals surface area contributed by atoms with Gasteiger partial charge < -0.3 is 34.6 Å². The van der Waals surface area contributed by atoms with E-state index in [0.717, 1.165) is 6.07 Å². The number of aliphatic carboxylic acids is 1. The molecule has 0 heterocycles. The summed E-state index contributed by atoms with van der Waals surface area (Å²) in [6.45, 7) is 3.24. The van der Waals surface area contributed by atoms with Gasteiger partial charge in [0.25, 0.3) is 0 Å². The molecular formula is C36H28Ca2N4O12S2. The molecule has 0 aromatic heterocycles. The Morgan fingerprint density at radius 1 is 0.821 bits per heavy atom. The first kappa shape index (κ1) is 46.8. The fourth-order valence-electron chi connectivity index (χ4n) is 5.76. The van der Waals surface area contributed by atoms with E-state index in [9.17, 15) is 55.6 Å². The van der Waals surface area contributed by atoms with E-state index in [2.05, 4.69) is 21.1 Å². The van der Waals surface area contributed by atoms with E-state index in [1.807, 2.05) is 0 Å². The van der Waals surface area contributed by atoms with Crippen molar-refractivity contribution in [3.05, 3.63) is 119 Å². The molecule has 6 rings (SSSR count). The molecule has 0 amide bonds. The molecule has 3 atom stereocenters. The first-order valence-electron chi connectivity index (χ1n) is 15.7. The number of benzene rings is 4. The van der Waals surface area contributed by atoms with Gasteiger partial charge in [0.1, 0.15) is 25.9 Å². The van der Waals surface area contributed by atoms with Crippen LogP contribution in [-0.2, 0) is 29.8 Å². The van der Waals surface area contributed by atoms with Crippen molar-refractivity contribution < 1.29 is 55.6 Å². The SMILES string of the molecule is Cc1ccc(N=Nc2c([O-])c(C(=O)O)cc3ccccc23)c(S(=O)(=O)[O-])c1.Cc1ccc(NNC2C(=O)C(C(=O)[O-])=CC3C=CC=CC32)c(S(=O)(=O)[O-])c1.[Ca+2].[Ca+2]. The van der Waals surface area contributed by atoms with Crippen LogP contribution in [0.2, 0.25) is 0 Å². The van der Waals surface area contributed by atoms with Gasteiger partial charge >= 0.3 is 81.4 Å². The van der Waals surface area contributed by atoms with Crippen LogP contribution in [-0.4, -0.2) is 130 Å². The minimum absolute atomic E-state index is 0. The molecule has 0 fully saturated rings. The molecule has 2 aliphatic carbocycles. The van der Waals surface area contributed by atoms with Gasteiger partial charge in [0.2, 0.25) is 0 Å². The van der Waals surface area contributed by atoms with Crippen molar-refractivity contribution in [1.29, 1.82) is 0 Å². The van der Waals surface area contributed by atoms with Crippen LogP contribution >= 0.6 is 0 Å². The maximum absolute atomic E-state index is 12.5. The molecule has 2 aliphatic rings. The molecule has 0 bridgehead atoms. The third kappa shape index (κ3) is 10.9. The summed E-state index contributed by atoms with van der Waals surface area (Å²) in [6.07, 6.45) is 8.34. The fourth-order valence-corrected chi connectivity index (χ4v) is 7.17. The van der Waals surface area contributed by atoms with Gasteiger partial charge in [0, 0.05) is 22.8 Å². The van der Waals surface area contributed by atoms with Crippen LogP contribution in [0.3, 0.4) is 0 Å². The number of fused-ring (bicyclic) bond motifs is 2. The number of carbonyl (C=O) groups excluding carboxylic acids is 2. The molecule has 56 heavy (non-hydrogen) atoms. The number of ketones is 1. The molecule has 3 unspecified atom stereocenters. The van der Waals surface area contributed by atoms with E-state index in [1.165, 1.54) is 36.4 Å². The van der Waals surface area contributed by atoms with Crippen LogP contribution in [0.1, 0.15) is 21.5 Å². The van der Waals surface area contributed by atoms with Gasteiger partial charge in [-0.1, -0.05) is 72.5 Å². The van der Waals surface area contributed by atoms with Crippen molar-refractivity contribution in [3.63, 3.8) is 0 Å². The first-order chi connectivity index (χ1) is 25.4. The van der Waals surface area contributed by atoms with E-state index in [0.29, 0.717) is 21.9 Å². The number of carbonyl (C=O) groups is 3. The molecule has 4 aromatic carbocycles. The summed E-state index contributed by atoms with van der Waals surface area (Å²) in [5, 5.41) is 41.3. The number of hydrogen-bond acceptors (Lipinski definition) is 15. The first-order valence-corrected chi connectivity index (χ1v) is 18.5. The number of allylic oxidation sites excluding steroid dienone is 4. The molecule has 20 heteroatoms. The van der Waals surface area contributed by atoms with Crippen LogP contribution in [0, 0.1) is 25.7 Å². The van der Waals surface area contributed by atoms with Gasteiger partial charge in [0.15, 0.2) is 5.78 Å². The molecule has 0 saturated carbocycles. The zero-order valence-corrected chi connectivity index (χ0v) is 35.6. The summed E-state index contributed by atoms with van der Waals surface area (Å²) in [6, 6.07) is 14.9. The number of aryl methyl sites for hydroxylation is 2. The van der Waals surface area contributed by atoms with E-state index >= 15 is 0 Å². The number of Topliss-reactive ketones (excluding diaryl/α,β-unsaturated/α-hetero) is 1. The summed E-state index contributed by atoms with van der Waals surface area (Å²) >= 11 is 0. The van der Waals surface area contributed by atoms with E-state index in [-0.39, 0.29) is 104 Å². The van der Waals surface area contributed by atoms with Crippen LogP contribution in [0.5, 0.6) is 5.75 Å². The van der Waals surface area contributed by atoms with Crippen molar-refractivity contribution in [3.8, 4) is 5.75 Å². The smallest absolute Gasteiger partial charge is 0.870 e. The monoisotopic (exact) mass is 852 g/mol. The maximum Gasteiger partial charge on any atom is 2.00 e. The maximum atomic E-state index is 12.5. The molecule has 0 saturated heterocycles. The third-order valence-corrected chi connectivity index (χ3v) is 10.1. The molecule has 16 nitrogen and oxygen atoms in total. The van der Waals surface area contributed by atoms with Gasteiger partial charge in [-0.05, 0) is 60.7 Å². The number of anilines is 1. The largest absolute Gasteiger partial charge is 2.00 e. The number of aromatic carboxylic acids is 1. The number of azo groups is 1. The number of carboxylic acids is 2. The molecule has 4 aromatic rings. The van der Waals surface area contributed by atoms with E-state index in [4.69, 9.17) is 0 Å². The molecule has 0 aliphatic heterocycles. The molecule has 0 spiro atoms. The van der Waals surface area contributed by atoms with Crippen molar-refractivity contribution in [2.45, 2.75) is 29.7 Å². The van der Waals surface area contributed by atoms with Gasteiger partial charge in [-0.15, -0.1) is 5.11 Å². The summed E-state index contributed by atoms with van der Waals surface area (Å²) in [5.41, 5.74) is 4.94. The topological polar surface area (TPSA) is 281 Å². The molecular weight excluding hydrogens is 825 g/mol. The van der Waals surface area contributed by atoms with Crippen molar-refractivity contribution in [2.24, 2.45) is 22.1 Å². The molecule has 280 valence electrons. The van der Waals surface area contributed by atoms with Crippen molar-refractivity contribution >= 4 is 141 Å². The Labute approximate surface area is 380 Å². The Hall–Kier alpha value is -3.53. The number of rotatable bonds is 9. The molecule has 3 N–H and O–H groups in total. The van der Waals surface area contributed by atoms with Gasteiger partial charge in [-0.25, -0.2) is 27.1 Å². The predicted molar refractivity (Wildman–Crippen MR) is 198 cm³/mol. The van der Waals surface area contributed by atoms with Gasteiger partial charge in [-0.2, -0.15) is 5.11 Å². The Morgan fingerprint density at radius 2 is 1.43 bits per heavy atom. The van der Waals surface area contributed by atoms with Crippen LogP contribution in [0.4, 0.5) is 17.1 Å². The average molecular weight is 853 g/mol. The Kier molecular flexibility index (Phi) is 16.1. The number of carboxylic acid groups (broad SMARTS) is 2. The third-order valence-electron chi connectivity index (χ3n) is 8.35. The predicted octanol–water partition coefficient (Wildman–Crippen LogP) is 2.28. The zero-order valence-electron chi connectivity index (χ0n) is 29.5. The number of nitrogens with zero attached hydrogens (tertiary/aromatic N) is 2. The quantitative estimate of drug-likeness (QED) is 0.0717. The second-order valence-electron chi connectivity index (χ2n) is 12.1. The zero-order chi connectivity index (χ0) is 39.5. The summed E-state index contributed by atoms with van der Waals surface area (Å²) in [7, 11) is -9.56. The van der Waals surface area contributed by atoms with E-state index in [1.54, 1.807) is 68.5 Å². The second-order valence-corrected chi connectivity index (χ2v) is 14.8. The Balaban J connectivity index is 0.000000290. The Morgan fingerprint density at radius 3 is 2.05 bits per heavy atom. The average Bonchev–Trinajstić information content (AvgIpc) is 3.10.